The van der Waals surface area contributed by atoms with Crippen LogP contribution in [0.3, 0.4) is 0 Å². The second kappa shape index (κ2) is 13.1. The van der Waals surface area contributed by atoms with E-state index in [1.165, 1.54) is 84.5 Å². The van der Waals surface area contributed by atoms with Crippen LogP contribution in [0.5, 0.6) is 0 Å². The van der Waals surface area contributed by atoms with Gasteiger partial charge in [-0.2, -0.15) is 0 Å². The highest BCUT2D eigenvalue weighted by molar-refractivity contribution is 7.26. The Hall–Kier alpha value is -6.52. The van der Waals surface area contributed by atoms with Crippen LogP contribution in [0.15, 0.2) is 200 Å². The van der Waals surface area contributed by atoms with Gasteiger partial charge < -0.3 is 4.90 Å². The van der Waals surface area contributed by atoms with Crippen LogP contribution in [0.2, 0.25) is 0 Å². The van der Waals surface area contributed by atoms with Gasteiger partial charge in [0.2, 0.25) is 0 Å². The Bertz CT molecular complexity index is 3230. The summed E-state index contributed by atoms with van der Waals surface area (Å²) in [5.41, 5.74) is 10.6. The number of thiophene rings is 2. The van der Waals surface area contributed by atoms with Crippen LogP contribution in [0.4, 0.5) is 17.1 Å². The fourth-order valence-electron chi connectivity index (χ4n) is 8.25. The lowest BCUT2D eigenvalue weighted by atomic mass is 9.96. The third kappa shape index (κ3) is 5.51. The number of hydrogen-bond donors (Lipinski definition) is 0. The molecule has 55 heavy (non-hydrogen) atoms. The van der Waals surface area contributed by atoms with Crippen LogP contribution in [0.25, 0.3) is 84.5 Å². The first-order valence-electron chi connectivity index (χ1n) is 18.7. The largest absolute Gasteiger partial charge is 0.310 e. The van der Waals surface area contributed by atoms with Crippen molar-refractivity contribution in [2.75, 3.05) is 4.90 Å². The molecule has 2 heterocycles. The summed E-state index contributed by atoms with van der Waals surface area (Å²) in [7, 11) is 0. The molecular weight excluding hydrogens is 703 g/mol. The summed E-state index contributed by atoms with van der Waals surface area (Å²) in [6.07, 6.45) is 0. The smallest absolute Gasteiger partial charge is 0.0540 e. The summed E-state index contributed by atoms with van der Waals surface area (Å²) in [6.45, 7) is 0. The number of hydrogen-bond acceptors (Lipinski definition) is 3. The summed E-state index contributed by atoms with van der Waals surface area (Å²) in [4.78, 5) is 2.45. The predicted octanol–water partition coefficient (Wildman–Crippen LogP) is 16.0. The minimum atomic E-state index is 1.11. The second-order valence-corrected chi connectivity index (χ2v) is 16.3. The van der Waals surface area contributed by atoms with E-state index in [1.54, 1.807) is 0 Å². The van der Waals surface area contributed by atoms with Crippen molar-refractivity contribution < 1.29 is 0 Å². The fourth-order valence-corrected chi connectivity index (χ4v) is 10.5. The molecule has 0 amide bonds. The number of benzene rings is 9. The molecule has 0 spiro atoms. The van der Waals surface area contributed by atoms with E-state index in [2.05, 4.69) is 205 Å². The lowest BCUT2D eigenvalue weighted by Crippen LogP contribution is -2.11. The lowest BCUT2D eigenvalue weighted by molar-refractivity contribution is 1.28. The number of rotatable bonds is 6. The molecule has 0 N–H and O–H groups in total. The molecule has 0 aliphatic heterocycles. The first kappa shape index (κ1) is 32.0. The molecule has 0 saturated carbocycles. The first-order valence-corrected chi connectivity index (χ1v) is 20.3. The van der Waals surface area contributed by atoms with Gasteiger partial charge in [-0.1, -0.05) is 140 Å². The average molecular weight is 736 g/mol. The summed E-state index contributed by atoms with van der Waals surface area (Å²) in [6, 6.07) is 73.6. The maximum Gasteiger partial charge on any atom is 0.0540 e. The Labute approximate surface area is 327 Å². The third-order valence-corrected chi connectivity index (χ3v) is 13.1. The highest BCUT2D eigenvalue weighted by Gasteiger charge is 2.20. The molecule has 11 rings (SSSR count). The topological polar surface area (TPSA) is 3.24 Å². The number of para-hydroxylation sites is 1. The van der Waals surface area contributed by atoms with E-state index < -0.39 is 0 Å². The SMILES string of the molecule is c1cc(-c2ccc3sc4ccccc4c3c2)cc(N(c2cccc(-c3cccc4ccccc34)c2)c2ccccc2-c2ccc3c(c2)sc2ccccc23)c1. The Morgan fingerprint density at radius 3 is 1.65 bits per heavy atom. The summed E-state index contributed by atoms with van der Waals surface area (Å²) >= 11 is 3.73. The van der Waals surface area contributed by atoms with Gasteiger partial charge in [0, 0.05) is 57.3 Å². The van der Waals surface area contributed by atoms with Gasteiger partial charge in [-0.25, -0.2) is 0 Å². The van der Waals surface area contributed by atoms with E-state index in [0.717, 1.165) is 17.1 Å². The van der Waals surface area contributed by atoms with Crippen molar-refractivity contribution in [1.82, 2.24) is 0 Å². The molecule has 0 saturated heterocycles. The zero-order chi connectivity index (χ0) is 36.3. The van der Waals surface area contributed by atoms with E-state index >= 15 is 0 Å². The molecule has 0 aliphatic carbocycles. The number of fused-ring (bicyclic) bond motifs is 7. The normalized spacial score (nSPS) is 11.6. The van der Waals surface area contributed by atoms with Gasteiger partial charge in [0.05, 0.1) is 5.69 Å². The molecule has 2 aromatic heterocycles. The molecule has 9 aromatic carbocycles. The molecule has 1 nitrogen and oxygen atoms in total. The lowest BCUT2D eigenvalue weighted by Gasteiger charge is -2.29. The van der Waals surface area contributed by atoms with Crippen molar-refractivity contribution in [3.63, 3.8) is 0 Å². The van der Waals surface area contributed by atoms with Gasteiger partial charge in [-0.05, 0) is 99.3 Å². The summed E-state index contributed by atoms with van der Waals surface area (Å²) < 4.78 is 5.26. The molecule has 0 aliphatic rings. The Morgan fingerprint density at radius 1 is 0.291 bits per heavy atom. The molecule has 0 atom stereocenters. The molecule has 3 heteroatoms. The van der Waals surface area contributed by atoms with Crippen LogP contribution in [0.1, 0.15) is 0 Å². The second-order valence-electron chi connectivity index (χ2n) is 14.1. The average Bonchev–Trinajstić information content (AvgIpc) is 3.82. The van der Waals surface area contributed by atoms with Gasteiger partial charge in [0.15, 0.2) is 0 Å². The minimum Gasteiger partial charge on any atom is -0.310 e. The van der Waals surface area contributed by atoms with Gasteiger partial charge in [0.1, 0.15) is 0 Å². The van der Waals surface area contributed by atoms with Gasteiger partial charge in [0.25, 0.3) is 0 Å². The van der Waals surface area contributed by atoms with Crippen LogP contribution in [0, 0.1) is 0 Å². The molecule has 0 radical (unpaired) electrons. The maximum absolute atomic E-state index is 2.45. The van der Waals surface area contributed by atoms with Crippen molar-refractivity contribution >= 4 is 90.9 Å². The van der Waals surface area contributed by atoms with Gasteiger partial charge in [-0.15, -0.1) is 22.7 Å². The molecular formula is C52H33NS2. The van der Waals surface area contributed by atoms with Crippen molar-refractivity contribution in [2.24, 2.45) is 0 Å². The Morgan fingerprint density at radius 2 is 0.818 bits per heavy atom. The van der Waals surface area contributed by atoms with E-state index in [4.69, 9.17) is 0 Å². The highest BCUT2D eigenvalue weighted by Crippen LogP contribution is 2.45. The van der Waals surface area contributed by atoms with Crippen LogP contribution in [-0.2, 0) is 0 Å². The van der Waals surface area contributed by atoms with E-state index in [9.17, 15) is 0 Å². The fraction of sp³-hybridized carbons (Fsp3) is 0. The Balaban J connectivity index is 1.10. The molecule has 11 aromatic rings. The van der Waals surface area contributed by atoms with Crippen LogP contribution < -0.4 is 4.90 Å². The molecule has 0 unspecified atom stereocenters. The van der Waals surface area contributed by atoms with Crippen LogP contribution >= 0.6 is 22.7 Å². The van der Waals surface area contributed by atoms with Crippen molar-refractivity contribution in [3.8, 4) is 33.4 Å². The monoisotopic (exact) mass is 735 g/mol. The van der Waals surface area contributed by atoms with Crippen LogP contribution in [-0.4, -0.2) is 0 Å². The van der Waals surface area contributed by atoms with E-state index in [0.29, 0.717) is 0 Å². The maximum atomic E-state index is 2.45. The van der Waals surface area contributed by atoms with Crippen molar-refractivity contribution in [3.05, 3.63) is 200 Å². The third-order valence-electron chi connectivity index (χ3n) is 10.9. The standard InChI is InChI=1S/C52H33NS2/c1-2-18-41-34(12-1)13-11-22-42(41)37-15-10-17-40(31-37)53(39-16-9-14-35(30-39)36-27-29-51-47(32-36)45-21-5-8-25-50(45)54-51)48-23-6-3-19-43(48)38-26-28-46-44-20-4-7-24-49(44)55-52(46)33-38/h1-33H. The Kier molecular flexibility index (Phi) is 7.61. The zero-order valence-electron chi connectivity index (χ0n) is 29.8. The molecule has 258 valence electrons. The quantitative estimate of drug-likeness (QED) is 0.164. The van der Waals surface area contributed by atoms with Crippen molar-refractivity contribution in [2.45, 2.75) is 0 Å². The highest BCUT2D eigenvalue weighted by atomic mass is 32.1. The zero-order valence-corrected chi connectivity index (χ0v) is 31.4. The van der Waals surface area contributed by atoms with Gasteiger partial charge in [-0.3, -0.25) is 0 Å². The van der Waals surface area contributed by atoms with E-state index in [-0.39, 0.29) is 0 Å². The number of anilines is 3. The van der Waals surface area contributed by atoms with Crippen molar-refractivity contribution in [1.29, 1.82) is 0 Å². The number of nitrogens with zero attached hydrogens (tertiary/aromatic N) is 1. The molecule has 0 fully saturated rings. The summed E-state index contributed by atoms with van der Waals surface area (Å²) in [5, 5.41) is 7.75. The minimum absolute atomic E-state index is 1.11. The predicted molar refractivity (Wildman–Crippen MR) is 241 cm³/mol. The summed E-state index contributed by atoms with van der Waals surface area (Å²) in [5.74, 6) is 0. The van der Waals surface area contributed by atoms with Gasteiger partial charge >= 0.3 is 0 Å². The molecule has 0 bridgehead atoms. The van der Waals surface area contributed by atoms with E-state index in [1.807, 2.05) is 22.7 Å². The first-order chi connectivity index (χ1) is 27.2.